The van der Waals surface area contributed by atoms with Crippen molar-refractivity contribution in [2.45, 2.75) is 0 Å². The largest absolute Gasteiger partial charge is 0.471 e. The quantitative estimate of drug-likeness (QED) is 0.198. The molecule has 172 valence electrons. The zero-order chi connectivity index (χ0) is 24.8. The maximum absolute atomic E-state index is 13.0. The molecule has 9 nitrogen and oxygen atoms in total. The number of benzene rings is 3. The number of hydrazone groups is 1. The molecule has 0 unspecified atom stereocenters. The van der Waals surface area contributed by atoms with Gasteiger partial charge < -0.3 is 4.74 Å². The number of ether oxygens (including phenoxy) is 1. The number of aromatic nitrogens is 1. The summed E-state index contributed by atoms with van der Waals surface area (Å²) in [6.07, 6.45) is 1.28. The van der Waals surface area contributed by atoms with Crippen LogP contribution in [-0.2, 0) is 0 Å². The number of halogens is 1. The maximum atomic E-state index is 13.0. The molecule has 0 bridgehead atoms. The molecule has 0 saturated heterocycles. The molecular formula is C25H16BrN5O4. The Hall–Kier alpha value is -4.62. The molecule has 3 aromatic carbocycles. The number of hydrogen-bond acceptors (Lipinski definition) is 7. The number of nitro benzene ring substituents is 1. The lowest BCUT2D eigenvalue weighted by Crippen LogP contribution is -2.18. The fourth-order valence-electron chi connectivity index (χ4n) is 3.40. The number of carbonyl (C=O) groups is 1. The van der Waals surface area contributed by atoms with Crippen molar-refractivity contribution in [3.63, 3.8) is 0 Å². The minimum atomic E-state index is -0.623. The molecule has 0 aliphatic rings. The Bertz CT molecular complexity index is 1500. The van der Waals surface area contributed by atoms with E-state index in [9.17, 15) is 14.9 Å². The van der Waals surface area contributed by atoms with Gasteiger partial charge in [-0.3, -0.25) is 14.9 Å². The highest BCUT2D eigenvalue weighted by Crippen LogP contribution is 2.36. The van der Waals surface area contributed by atoms with Crippen LogP contribution in [0.5, 0.6) is 5.75 Å². The summed E-state index contributed by atoms with van der Waals surface area (Å²) in [5.74, 6) is -0.519. The van der Waals surface area contributed by atoms with E-state index in [0.29, 0.717) is 27.7 Å². The molecule has 0 aliphatic carbocycles. The van der Waals surface area contributed by atoms with Crippen molar-refractivity contribution in [2.24, 2.45) is 5.10 Å². The Morgan fingerprint density at radius 1 is 1.17 bits per heavy atom. The number of nitrogens with one attached hydrogen (secondary N) is 1. The van der Waals surface area contributed by atoms with Crippen LogP contribution in [0.4, 0.5) is 5.69 Å². The first-order valence-corrected chi connectivity index (χ1v) is 11.0. The Morgan fingerprint density at radius 3 is 2.66 bits per heavy atom. The van der Waals surface area contributed by atoms with Gasteiger partial charge >= 0.3 is 5.69 Å². The average molecular weight is 530 g/mol. The van der Waals surface area contributed by atoms with Gasteiger partial charge in [0, 0.05) is 22.6 Å². The van der Waals surface area contributed by atoms with Crippen LogP contribution in [0.15, 0.2) is 82.4 Å². The van der Waals surface area contributed by atoms with Crippen LogP contribution in [0.3, 0.4) is 0 Å². The monoisotopic (exact) mass is 529 g/mol. The van der Waals surface area contributed by atoms with E-state index in [1.807, 2.05) is 48.5 Å². The van der Waals surface area contributed by atoms with Gasteiger partial charge in [-0.15, -0.1) is 0 Å². The average Bonchev–Trinajstić information content (AvgIpc) is 2.87. The third-order valence-corrected chi connectivity index (χ3v) is 5.52. The van der Waals surface area contributed by atoms with Gasteiger partial charge in [-0.1, -0.05) is 48.5 Å². The second-order valence-electron chi connectivity index (χ2n) is 7.19. The van der Waals surface area contributed by atoms with E-state index < -0.39 is 10.8 Å². The van der Waals surface area contributed by atoms with Crippen molar-refractivity contribution in [1.29, 1.82) is 5.26 Å². The number of nitrogens with zero attached hydrogens (tertiary/aromatic N) is 4. The SMILES string of the molecule is N#CCOc1c(Br)cc(/C=N\NC(=O)c2cc(-c3ccccc3)nc3ccccc23)cc1[N+](=O)[O-]. The number of fused-ring (bicyclic) bond motifs is 1. The Labute approximate surface area is 208 Å². The summed E-state index contributed by atoms with van der Waals surface area (Å²) in [4.78, 5) is 28.5. The van der Waals surface area contributed by atoms with Gasteiger partial charge in [0.05, 0.1) is 32.4 Å². The van der Waals surface area contributed by atoms with E-state index in [0.717, 1.165) is 5.56 Å². The first-order chi connectivity index (χ1) is 17.0. The van der Waals surface area contributed by atoms with Crippen molar-refractivity contribution < 1.29 is 14.5 Å². The second kappa shape index (κ2) is 10.5. The molecule has 4 rings (SSSR count). The standard InChI is InChI=1S/C25H16BrN5O4/c26-20-12-16(13-23(31(33)34)24(20)35-11-10-27)15-28-30-25(32)19-14-22(17-6-2-1-3-7-17)29-21-9-5-4-8-18(19)21/h1-9,12-15H,11H2,(H,30,32)/b28-15-. The van der Waals surface area contributed by atoms with Gasteiger partial charge in [0.1, 0.15) is 6.07 Å². The number of hydrogen-bond donors (Lipinski definition) is 1. The van der Waals surface area contributed by atoms with E-state index in [-0.39, 0.29) is 22.5 Å². The topological polar surface area (TPSA) is 131 Å². The van der Waals surface area contributed by atoms with Crippen LogP contribution in [0.1, 0.15) is 15.9 Å². The molecular weight excluding hydrogens is 514 g/mol. The molecule has 1 aromatic heterocycles. The van der Waals surface area contributed by atoms with Crippen molar-refractivity contribution in [3.05, 3.63) is 98.5 Å². The van der Waals surface area contributed by atoms with Crippen LogP contribution in [0.25, 0.3) is 22.2 Å². The van der Waals surface area contributed by atoms with Crippen LogP contribution in [0.2, 0.25) is 0 Å². The summed E-state index contributed by atoms with van der Waals surface area (Å²) in [6, 6.07) is 23.0. The first kappa shape index (κ1) is 23.5. The van der Waals surface area contributed by atoms with Crippen molar-refractivity contribution in [3.8, 4) is 23.1 Å². The van der Waals surface area contributed by atoms with E-state index in [1.165, 1.54) is 18.3 Å². The predicted octanol–water partition coefficient (Wildman–Crippen LogP) is 5.24. The van der Waals surface area contributed by atoms with E-state index in [2.05, 4.69) is 31.4 Å². The lowest BCUT2D eigenvalue weighted by Gasteiger charge is -2.09. The zero-order valence-electron chi connectivity index (χ0n) is 18.0. The van der Waals surface area contributed by atoms with Crippen molar-refractivity contribution >= 4 is 44.6 Å². The van der Waals surface area contributed by atoms with Crippen molar-refractivity contribution in [1.82, 2.24) is 10.4 Å². The lowest BCUT2D eigenvalue weighted by atomic mass is 10.0. The van der Waals surface area contributed by atoms with E-state index in [4.69, 9.17) is 10.00 Å². The third-order valence-electron chi connectivity index (χ3n) is 4.93. The first-order valence-electron chi connectivity index (χ1n) is 10.2. The number of rotatable bonds is 7. The van der Waals surface area contributed by atoms with Crippen LogP contribution in [0, 0.1) is 21.4 Å². The number of nitro groups is 1. The molecule has 0 atom stereocenters. The molecule has 0 saturated carbocycles. The number of para-hydroxylation sites is 1. The lowest BCUT2D eigenvalue weighted by molar-refractivity contribution is -0.385. The molecule has 1 amide bonds. The molecule has 0 spiro atoms. The molecule has 1 heterocycles. The molecule has 1 N–H and O–H groups in total. The smallest absolute Gasteiger partial charge is 0.312 e. The number of amides is 1. The summed E-state index contributed by atoms with van der Waals surface area (Å²) in [5, 5.41) is 24.8. The molecule has 10 heteroatoms. The minimum absolute atomic E-state index is 0.0607. The van der Waals surface area contributed by atoms with Crippen molar-refractivity contribution in [2.75, 3.05) is 6.61 Å². The predicted molar refractivity (Wildman–Crippen MR) is 134 cm³/mol. The third kappa shape index (κ3) is 5.31. The molecule has 0 fully saturated rings. The van der Waals surface area contributed by atoms with Gasteiger partial charge in [-0.25, -0.2) is 10.4 Å². The summed E-state index contributed by atoms with van der Waals surface area (Å²) < 4.78 is 5.43. The molecule has 4 aromatic rings. The fraction of sp³-hybridized carbons (Fsp3) is 0.0400. The summed E-state index contributed by atoms with van der Waals surface area (Å²) in [7, 11) is 0. The van der Waals surface area contributed by atoms with Crippen LogP contribution < -0.4 is 10.2 Å². The summed E-state index contributed by atoms with van der Waals surface area (Å²) in [6.45, 7) is -0.339. The van der Waals surface area contributed by atoms with E-state index in [1.54, 1.807) is 18.2 Å². The van der Waals surface area contributed by atoms with Crippen LogP contribution >= 0.6 is 15.9 Å². The molecule has 35 heavy (non-hydrogen) atoms. The molecule has 0 radical (unpaired) electrons. The van der Waals surface area contributed by atoms with Gasteiger partial charge in [0.25, 0.3) is 5.91 Å². The maximum Gasteiger partial charge on any atom is 0.312 e. The van der Waals surface area contributed by atoms with Crippen LogP contribution in [-0.4, -0.2) is 28.6 Å². The highest BCUT2D eigenvalue weighted by atomic mass is 79.9. The number of pyridine rings is 1. The molecule has 0 aliphatic heterocycles. The highest BCUT2D eigenvalue weighted by Gasteiger charge is 2.20. The summed E-state index contributed by atoms with van der Waals surface area (Å²) in [5.41, 5.74) is 5.05. The normalized spacial score (nSPS) is 10.7. The van der Waals surface area contributed by atoms with Gasteiger partial charge in [0.15, 0.2) is 6.61 Å². The van der Waals surface area contributed by atoms with E-state index >= 15 is 0 Å². The second-order valence-corrected chi connectivity index (χ2v) is 8.05. The van der Waals surface area contributed by atoms with Gasteiger partial charge in [-0.2, -0.15) is 10.4 Å². The summed E-state index contributed by atoms with van der Waals surface area (Å²) >= 11 is 3.22. The minimum Gasteiger partial charge on any atom is -0.471 e. The van der Waals surface area contributed by atoms with Gasteiger partial charge in [-0.05, 0) is 34.1 Å². The Morgan fingerprint density at radius 2 is 1.91 bits per heavy atom. The fourth-order valence-corrected chi connectivity index (χ4v) is 3.98. The number of carbonyl (C=O) groups excluding carboxylic acids is 1. The zero-order valence-corrected chi connectivity index (χ0v) is 19.6. The Balaban J connectivity index is 1.63. The van der Waals surface area contributed by atoms with Gasteiger partial charge in [0.2, 0.25) is 5.75 Å². The Kier molecular flexibility index (Phi) is 7.09. The number of nitriles is 1. The highest BCUT2D eigenvalue weighted by molar-refractivity contribution is 9.10.